The summed E-state index contributed by atoms with van der Waals surface area (Å²) < 4.78 is 1.77. The summed E-state index contributed by atoms with van der Waals surface area (Å²) in [7, 11) is 0. The summed E-state index contributed by atoms with van der Waals surface area (Å²) in [6.07, 6.45) is 3.87. The van der Waals surface area contributed by atoms with Crippen molar-refractivity contribution in [2.45, 2.75) is 40.5 Å². The molecule has 1 aromatic carbocycles. The molecule has 21 heavy (non-hydrogen) atoms. The van der Waals surface area contributed by atoms with E-state index in [-0.39, 0.29) is 11.4 Å². The third-order valence-electron chi connectivity index (χ3n) is 3.70. The van der Waals surface area contributed by atoms with Crippen LogP contribution in [-0.4, -0.2) is 28.6 Å². The van der Waals surface area contributed by atoms with Crippen LogP contribution in [0.1, 0.15) is 40.5 Å². The number of carbonyl (C=O) groups is 1. The Bertz CT molecular complexity index is 607. The van der Waals surface area contributed by atoms with Gasteiger partial charge in [-0.05, 0) is 30.4 Å². The number of fused-ring (bicyclic) bond motifs is 1. The van der Waals surface area contributed by atoms with Gasteiger partial charge < -0.3 is 4.90 Å². The molecule has 0 unspecified atom stereocenters. The van der Waals surface area contributed by atoms with Crippen molar-refractivity contribution in [3.8, 4) is 0 Å². The Kier molecular flexibility index (Phi) is 4.71. The van der Waals surface area contributed by atoms with Crippen molar-refractivity contribution in [2.75, 3.05) is 13.1 Å². The molecule has 2 rings (SSSR count). The maximum Gasteiger partial charge on any atom is 0.328 e. The van der Waals surface area contributed by atoms with Gasteiger partial charge in [-0.25, -0.2) is 4.79 Å². The van der Waals surface area contributed by atoms with Crippen molar-refractivity contribution in [1.29, 1.82) is 0 Å². The normalized spacial score (nSPS) is 11.8. The molecular weight excluding hydrogens is 260 g/mol. The smallest absolute Gasteiger partial charge is 0.324 e. The van der Waals surface area contributed by atoms with Crippen LogP contribution >= 0.6 is 0 Å². The molecule has 0 saturated carbocycles. The van der Waals surface area contributed by atoms with E-state index in [4.69, 9.17) is 0 Å². The highest BCUT2D eigenvalue weighted by atomic mass is 16.2. The Labute approximate surface area is 127 Å². The first-order valence-corrected chi connectivity index (χ1v) is 7.78. The third-order valence-corrected chi connectivity index (χ3v) is 3.70. The summed E-state index contributed by atoms with van der Waals surface area (Å²) in [4.78, 5) is 14.8. The summed E-state index contributed by atoms with van der Waals surface area (Å²) in [5.74, 6) is 0. The first-order valence-electron chi connectivity index (χ1n) is 7.78. The summed E-state index contributed by atoms with van der Waals surface area (Å²) in [5.41, 5.74) is 1.23. The molecule has 0 atom stereocenters. The van der Waals surface area contributed by atoms with Crippen LogP contribution in [0, 0.1) is 5.41 Å². The van der Waals surface area contributed by atoms with E-state index in [2.05, 4.69) is 27.7 Å². The molecule has 3 heteroatoms. The average Bonchev–Trinajstić information content (AvgIpc) is 2.85. The van der Waals surface area contributed by atoms with Gasteiger partial charge in [0.15, 0.2) is 0 Å². The third kappa shape index (κ3) is 3.87. The Balaban J connectivity index is 2.21. The summed E-state index contributed by atoms with van der Waals surface area (Å²) in [6, 6.07) is 10.1. The lowest BCUT2D eigenvalue weighted by molar-refractivity contribution is 0.191. The monoisotopic (exact) mass is 286 g/mol. The van der Waals surface area contributed by atoms with E-state index in [1.54, 1.807) is 4.57 Å². The molecule has 3 nitrogen and oxygen atoms in total. The molecule has 1 amide bonds. The molecule has 0 aliphatic rings. The molecule has 114 valence electrons. The number of hydrogen-bond donors (Lipinski definition) is 0. The van der Waals surface area contributed by atoms with Gasteiger partial charge in [0, 0.05) is 24.7 Å². The number of benzene rings is 1. The van der Waals surface area contributed by atoms with E-state index in [9.17, 15) is 4.79 Å². The number of hydrogen-bond acceptors (Lipinski definition) is 1. The standard InChI is InChI=1S/C18H26N2O/c1-5-12-19(14-11-18(2,3)4)17(21)20-13-10-15-8-6-7-9-16(15)20/h6-10,13H,5,11-12,14H2,1-4H3. The van der Waals surface area contributed by atoms with Gasteiger partial charge in [-0.3, -0.25) is 4.57 Å². The van der Waals surface area contributed by atoms with Crippen LogP contribution in [0.4, 0.5) is 4.79 Å². The van der Waals surface area contributed by atoms with Crippen LogP contribution in [0.2, 0.25) is 0 Å². The lowest BCUT2D eigenvalue weighted by atomic mass is 9.92. The van der Waals surface area contributed by atoms with Crippen molar-refractivity contribution in [2.24, 2.45) is 5.41 Å². The van der Waals surface area contributed by atoms with Gasteiger partial charge >= 0.3 is 6.03 Å². The first-order chi connectivity index (χ1) is 9.92. The number of carbonyl (C=O) groups excluding carboxylic acids is 1. The van der Waals surface area contributed by atoms with Crippen LogP contribution in [0.5, 0.6) is 0 Å². The number of rotatable bonds is 4. The Morgan fingerprint density at radius 2 is 1.86 bits per heavy atom. The fourth-order valence-corrected chi connectivity index (χ4v) is 2.45. The Hall–Kier alpha value is -1.77. The molecule has 0 fully saturated rings. The fourth-order valence-electron chi connectivity index (χ4n) is 2.45. The van der Waals surface area contributed by atoms with Crippen molar-refractivity contribution in [1.82, 2.24) is 9.47 Å². The summed E-state index contributed by atoms with van der Waals surface area (Å²) >= 11 is 0. The van der Waals surface area contributed by atoms with E-state index in [0.717, 1.165) is 36.8 Å². The minimum Gasteiger partial charge on any atom is -0.324 e. The zero-order valence-corrected chi connectivity index (χ0v) is 13.6. The second-order valence-electron chi connectivity index (χ2n) is 6.82. The number of para-hydroxylation sites is 1. The van der Waals surface area contributed by atoms with Gasteiger partial charge in [0.05, 0.1) is 5.52 Å². The highest BCUT2D eigenvalue weighted by Gasteiger charge is 2.19. The minimum atomic E-state index is 0.0855. The molecule has 2 aromatic rings. The van der Waals surface area contributed by atoms with Gasteiger partial charge in [-0.2, -0.15) is 0 Å². The molecule has 1 heterocycles. The lowest BCUT2D eigenvalue weighted by Crippen LogP contribution is -2.37. The van der Waals surface area contributed by atoms with E-state index in [1.807, 2.05) is 41.4 Å². The molecule has 0 aliphatic carbocycles. The Morgan fingerprint density at radius 3 is 2.52 bits per heavy atom. The molecule has 1 aromatic heterocycles. The molecule has 0 bridgehead atoms. The fraction of sp³-hybridized carbons (Fsp3) is 0.500. The first kappa shape index (κ1) is 15.6. The van der Waals surface area contributed by atoms with Gasteiger partial charge in [0.2, 0.25) is 0 Å². The lowest BCUT2D eigenvalue weighted by Gasteiger charge is -2.27. The van der Waals surface area contributed by atoms with Crippen molar-refractivity contribution < 1.29 is 4.79 Å². The number of aromatic nitrogens is 1. The SMILES string of the molecule is CCCN(CCC(C)(C)C)C(=O)n1ccc2ccccc21. The van der Waals surface area contributed by atoms with Crippen molar-refractivity contribution >= 4 is 16.9 Å². The minimum absolute atomic E-state index is 0.0855. The van der Waals surface area contributed by atoms with Crippen LogP contribution in [-0.2, 0) is 0 Å². The maximum atomic E-state index is 12.8. The van der Waals surface area contributed by atoms with Gasteiger partial charge in [-0.15, -0.1) is 0 Å². The van der Waals surface area contributed by atoms with Crippen LogP contribution in [0.15, 0.2) is 36.5 Å². The zero-order chi connectivity index (χ0) is 15.5. The van der Waals surface area contributed by atoms with Crippen LogP contribution < -0.4 is 0 Å². The summed E-state index contributed by atoms with van der Waals surface area (Å²) in [5, 5.41) is 1.11. The predicted molar refractivity (Wildman–Crippen MR) is 88.7 cm³/mol. The second-order valence-corrected chi connectivity index (χ2v) is 6.82. The van der Waals surface area contributed by atoms with E-state index >= 15 is 0 Å². The highest BCUT2D eigenvalue weighted by Crippen LogP contribution is 2.20. The van der Waals surface area contributed by atoms with Crippen molar-refractivity contribution in [3.63, 3.8) is 0 Å². The molecule has 0 saturated heterocycles. The predicted octanol–water partition coefficient (Wildman–Crippen LogP) is 4.76. The quantitative estimate of drug-likeness (QED) is 0.795. The Morgan fingerprint density at radius 1 is 1.14 bits per heavy atom. The topological polar surface area (TPSA) is 25.2 Å². The molecule has 0 radical (unpaired) electrons. The highest BCUT2D eigenvalue weighted by molar-refractivity contribution is 5.91. The van der Waals surface area contributed by atoms with E-state index in [1.165, 1.54) is 0 Å². The van der Waals surface area contributed by atoms with E-state index < -0.39 is 0 Å². The second kappa shape index (κ2) is 6.33. The summed E-state index contributed by atoms with van der Waals surface area (Å²) in [6.45, 7) is 10.4. The molecular formula is C18H26N2O. The average molecular weight is 286 g/mol. The van der Waals surface area contributed by atoms with Crippen LogP contribution in [0.25, 0.3) is 10.9 Å². The van der Waals surface area contributed by atoms with Crippen molar-refractivity contribution in [3.05, 3.63) is 36.5 Å². The van der Waals surface area contributed by atoms with Gasteiger partial charge in [0.1, 0.15) is 0 Å². The number of amides is 1. The largest absolute Gasteiger partial charge is 0.328 e. The molecule has 0 spiro atoms. The number of nitrogens with zero attached hydrogens (tertiary/aromatic N) is 2. The zero-order valence-electron chi connectivity index (χ0n) is 13.6. The molecule has 0 N–H and O–H groups in total. The van der Waals surface area contributed by atoms with E-state index in [0.29, 0.717) is 0 Å². The maximum absolute atomic E-state index is 12.8. The van der Waals surface area contributed by atoms with Crippen LogP contribution in [0.3, 0.4) is 0 Å². The van der Waals surface area contributed by atoms with Gasteiger partial charge in [0.25, 0.3) is 0 Å². The molecule has 0 aliphatic heterocycles. The van der Waals surface area contributed by atoms with Gasteiger partial charge in [-0.1, -0.05) is 45.9 Å².